The van der Waals surface area contributed by atoms with Crippen molar-refractivity contribution in [2.45, 2.75) is 26.4 Å². The molecule has 1 nitrogen and oxygen atoms in total. The van der Waals surface area contributed by atoms with Crippen molar-refractivity contribution in [1.82, 2.24) is 0 Å². The maximum atomic E-state index is 9.88. The Hall–Kier alpha value is -1.08. The smallest absolute Gasteiger partial charge is 0.0827 e. The van der Waals surface area contributed by atoms with E-state index in [9.17, 15) is 5.11 Å². The molecule has 0 amide bonds. The molecule has 0 aromatic heterocycles. The summed E-state index contributed by atoms with van der Waals surface area (Å²) in [6, 6.07) is 9.72. The summed E-state index contributed by atoms with van der Waals surface area (Å²) in [5.74, 6) is 0.438. The van der Waals surface area contributed by atoms with Crippen molar-refractivity contribution in [3.63, 3.8) is 0 Å². The van der Waals surface area contributed by atoms with Crippen molar-refractivity contribution < 1.29 is 5.11 Å². The van der Waals surface area contributed by atoms with Crippen molar-refractivity contribution in [2.24, 2.45) is 5.92 Å². The Morgan fingerprint density at radius 3 is 2.36 bits per heavy atom. The first-order valence-corrected chi connectivity index (χ1v) is 5.02. The van der Waals surface area contributed by atoms with Crippen molar-refractivity contribution in [1.29, 1.82) is 0 Å². The Morgan fingerprint density at radius 1 is 1.29 bits per heavy atom. The molecular formula is C13H18O. The fourth-order valence-electron chi connectivity index (χ4n) is 1.28. The Labute approximate surface area is 86.1 Å². The van der Waals surface area contributed by atoms with Crippen LogP contribution in [0.4, 0.5) is 0 Å². The molecule has 0 bridgehead atoms. The molecule has 0 spiro atoms. The molecule has 0 aliphatic heterocycles. The van der Waals surface area contributed by atoms with E-state index in [2.05, 4.69) is 20.4 Å². The molecule has 0 fully saturated rings. The molecule has 0 aliphatic carbocycles. The van der Waals surface area contributed by atoms with E-state index in [1.807, 2.05) is 30.3 Å². The molecular weight excluding hydrogens is 172 g/mol. The summed E-state index contributed by atoms with van der Waals surface area (Å²) < 4.78 is 0. The van der Waals surface area contributed by atoms with Crippen LogP contribution in [0.15, 0.2) is 42.5 Å². The van der Waals surface area contributed by atoms with Gasteiger partial charge in [0.15, 0.2) is 0 Å². The van der Waals surface area contributed by atoms with Gasteiger partial charge in [0.2, 0.25) is 0 Å². The van der Waals surface area contributed by atoms with E-state index in [1.54, 1.807) is 0 Å². The highest BCUT2D eigenvalue weighted by Gasteiger charge is 2.10. The van der Waals surface area contributed by atoms with Crippen molar-refractivity contribution in [3.05, 3.63) is 48.0 Å². The van der Waals surface area contributed by atoms with Gasteiger partial charge in [-0.05, 0) is 17.9 Å². The summed E-state index contributed by atoms with van der Waals surface area (Å²) in [6.07, 6.45) is 0.243. The van der Waals surface area contributed by atoms with Gasteiger partial charge in [-0.1, -0.05) is 56.3 Å². The van der Waals surface area contributed by atoms with Gasteiger partial charge in [-0.15, -0.1) is 0 Å². The van der Waals surface area contributed by atoms with Gasteiger partial charge in [0, 0.05) is 0 Å². The van der Waals surface area contributed by atoms with Gasteiger partial charge in [0.1, 0.15) is 0 Å². The van der Waals surface area contributed by atoms with Crippen LogP contribution >= 0.6 is 0 Å². The molecule has 1 atom stereocenters. The Balaban J connectivity index is 2.59. The third-order valence-electron chi connectivity index (χ3n) is 2.46. The Kier molecular flexibility index (Phi) is 3.90. The zero-order valence-electron chi connectivity index (χ0n) is 8.90. The summed E-state index contributed by atoms with van der Waals surface area (Å²) in [6.45, 7) is 8.15. The van der Waals surface area contributed by atoms with Gasteiger partial charge in [0.25, 0.3) is 0 Å². The third kappa shape index (κ3) is 3.00. The maximum absolute atomic E-state index is 9.88. The molecule has 0 heterocycles. The summed E-state index contributed by atoms with van der Waals surface area (Å²) in [4.78, 5) is 0. The highest BCUT2D eigenvalue weighted by atomic mass is 16.3. The number of hydrogen-bond donors (Lipinski definition) is 1. The van der Waals surface area contributed by atoms with Crippen LogP contribution in [0.25, 0.3) is 0 Å². The van der Waals surface area contributed by atoms with Crippen LogP contribution in [-0.2, 0) is 0 Å². The second-order valence-corrected chi connectivity index (χ2v) is 3.94. The summed E-state index contributed by atoms with van der Waals surface area (Å²) >= 11 is 0. The summed E-state index contributed by atoms with van der Waals surface area (Å²) in [7, 11) is 0. The molecule has 0 saturated heterocycles. The van der Waals surface area contributed by atoms with Crippen molar-refractivity contribution >= 4 is 0 Å². The average molecular weight is 190 g/mol. The predicted molar refractivity (Wildman–Crippen MR) is 60.0 cm³/mol. The lowest BCUT2D eigenvalue weighted by Gasteiger charge is -2.15. The third-order valence-corrected chi connectivity index (χ3v) is 2.46. The lowest BCUT2D eigenvalue weighted by atomic mass is 9.96. The minimum atomic E-state index is -0.411. The summed E-state index contributed by atoms with van der Waals surface area (Å²) in [5, 5.41) is 9.88. The molecule has 0 saturated carbocycles. The van der Waals surface area contributed by atoms with Gasteiger partial charge < -0.3 is 5.11 Å². The van der Waals surface area contributed by atoms with Gasteiger partial charge in [0.05, 0.1) is 6.10 Å². The molecule has 1 heteroatoms. The zero-order chi connectivity index (χ0) is 10.6. The molecule has 0 radical (unpaired) electrons. The Bertz CT molecular complexity index is 287. The van der Waals surface area contributed by atoms with Crippen LogP contribution in [0.1, 0.15) is 31.9 Å². The molecule has 76 valence electrons. The Morgan fingerprint density at radius 2 is 1.86 bits per heavy atom. The van der Waals surface area contributed by atoms with Crippen molar-refractivity contribution in [3.8, 4) is 0 Å². The van der Waals surface area contributed by atoms with E-state index < -0.39 is 6.10 Å². The highest BCUT2D eigenvalue weighted by Crippen LogP contribution is 2.23. The molecule has 1 aromatic rings. The van der Waals surface area contributed by atoms with Gasteiger partial charge >= 0.3 is 0 Å². The predicted octanol–water partition coefficient (Wildman–Crippen LogP) is 3.32. The second-order valence-electron chi connectivity index (χ2n) is 3.94. The monoisotopic (exact) mass is 190 g/mol. The summed E-state index contributed by atoms with van der Waals surface area (Å²) in [5.41, 5.74) is 2.07. The lowest BCUT2D eigenvalue weighted by Crippen LogP contribution is -2.02. The van der Waals surface area contributed by atoms with Crippen LogP contribution in [0.2, 0.25) is 0 Å². The number of hydrogen-bond acceptors (Lipinski definition) is 1. The zero-order valence-corrected chi connectivity index (χ0v) is 8.90. The van der Waals surface area contributed by atoms with E-state index >= 15 is 0 Å². The SMILES string of the molecule is C=C(C[C@H](O)c1ccccc1)C(C)C. The molecule has 14 heavy (non-hydrogen) atoms. The lowest BCUT2D eigenvalue weighted by molar-refractivity contribution is 0.175. The van der Waals surface area contributed by atoms with Crippen molar-refractivity contribution in [2.75, 3.05) is 0 Å². The van der Waals surface area contributed by atoms with Crippen LogP contribution in [-0.4, -0.2) is 5.11 Å². The standard InChI is InChI=1S/C13H18O/c1-10(2)11(3)9-13(14)12-7-5-4-6-8-12/h4-8,10,13-14H,3,9H2,1-2H3/t13-/m0/s1. The van der Waals surface area contributed by atoms with Gasteiger partial charge in [-0.2, -0.15) is 0 Å². The molecule has 1 N–H and O–H groups in total. The topological polar surface area (TPSA) is 20.2 Å². The van der Waals surface area contributed by atoms with E-state index in [0.29, 0.717) is 12.3 Å². The van der Waals surface area contributed by atoms with Crippen LogP contribution in [0.3, 0.4) is 0 Å². The first-order chi connectivity index (χ1) is 6.61. The molecule has 1 rings (SSSR count). The van der Waals surface area contributed by atoms with Gasteiger partial charge in [-0.3, -0.25) is 0 Å². The van der Waals surface area contributed by atoms with E-state index in [4.69, 9.17) is 0 Å². The van der Waals surface area contributed by atoms with E-state index in [0.717, 1.165) is 11.1 Å². The fourth-order valence-corrected chi connectivity index (χ4v) is 1.28. The number of aliphatic hydroxyl groups is 1. The largest absolute Gasteiger partial charge is 0.388 e. The van der Waals surface area contributed by atoms with Crippen LogP contribution in [0.5, 0.6) is 0 Å². The first-order valence-electron chi connectivity index (χ1n) is 5.02. The first kappa shape index (κ1) is 11.0. The van der Waals surface area contributed by atoms with Crippen LogP contribution < -0.4 is 0 Å². The van der Waals surface area contributed by atoms with E-state index in [-0.39, 0.29) is 0 Å². The number of rotatable bonds is 4. The number of aliphatic hydroxyl groups excluding tert-OH is 1. The minimum absolute atomic E-state index is 0.411. The quantitative estimate of drug-likeness (QED) is 0.722. The maximum Gasteiger partial charge on any atom is 0.0827 e. The minimum Gasteiger partial charge on any atom is -0.388 e. The normalized spacial score (nSPS) is 12.9. The second kappa shape index (κ2) is 4.97. The molecule has 0 unspecified atom stereocenters. The average Bonchev–Trinajstić information content (AvgIpc) is 2.19. The van der Waals surface area contributed by atoms with Gasteiger partial charge in [-0.25, -0.2) is 0 Å². The highest BCUT2D eigenvalue weighted by molar-refractivity contribution is 5.19. The molecule has 0 aliphatic rings. The fraction of sp³-hybridized carbons (Fsp3) is 0.385. The van der Waals surface area contributed by atoms with E-state index in [1.165, 1.54) is 0 Å². The number of benzene rings is 1. The van der Waals surface area contributed by atoms with Crippen LogP contribution in [0, 0.1) is 5.92 Å². The molecule has 1 aromatic carbocycles.